The van der Waals surface area contributed by atoms with Crippen LogP contribution < -0.4 is 15.4 Å². The Hall–Kier alpha value is -1.62. The van der Waals surface area contributed by atoms with Crippen LogP contribution in [0, 0.1) is 0 Å². The first-order valence-corrected chi connectivity index (χ1v) is 5.30. The molecular weight excluding hydrogens is 206 g/mol. The monoisotopic (exact) mass is 219 g/mol. The minimum atomic E-state index is -0.561. The highest BCUT2D eigenvalue weighted by Crippen LogP contribution is 2.42. The Morgan fingerprint density at radius 1 is 1.62 bits per heavy atom. The highest BCUT2D eigenvalue weighted by molar-refractivity contribution is 5.99. The van der Waals surface area contributed by atoms with Crippen molar-refractivity contribution in [1.29, 1.82) is 0 Å². The standard InChI is InChI=1S/C11H13N3O2/c1-14-9-7(3-2-6-13-9)16-8(10(14)15)11(12)4-5-11/h2-3,6,8H,4-5,12H2,1H3. The van der Waals surface area contributed by atoms with Gasteiger partial charge >= 0.3 is 0 Å². The highest BCUT2D eigenvalue weighted by atomic mass is 16.5. The number of ether oxygens (including phenoxy) is 1. The van der Waals surface area contributed by atoms with E-state index in [1.54, 1.807) is 19.3 Å². The van der Waals surface area contributed by atoms with Crippen molar-refractivity contribution in [2.75, 3.05) is 11.9 Å². The van der Waals surface area contributed by atoms with Gasteiger partial charge in [-0.2, -0.15) is 0 Å². The number of likely N-dealkylation sites (N-methyl/N-ethyl adjacent to an activating group) is 1. The van der Waals surface area contributed by atoms with Crippen LogP contribution in [0.15, 0.2) is 18.3 Å². The van der Waals surface area contributed by atoms with Crippen LogP contribution in [-0.2, 0) is 4.79 Å². The normalized spacial score (nSPS) is 26.0. The van der Waals surface area contributed by atoms with E-state index in [1.807, 2.05) is 6.07 Å². The smallest absolute Gasteiger partial charge is 0.271 e. The topological polar surface area (TPSA) is 68.5 Å². The zero-order chi connectivity index (χ0) is 11.3. The molecule has 2 N–H and O–H groups in total. The van der Waals surface area contributed by atoms with E-state index in [2.05, 4.69) is 4.98 Å². The van der Waals surface area contributed by atoms with Gasteiger partial charge in [0.25, 0.3) is 5.91 Å². The summed E-state index contributed by atoms with van der Waals surface area (Å²) in [6, 6.07) is 3.60. The van der Waals surface area contributed by atoms with Crippen molar-refractivity contribution < 1.29 is 9.53 Å². The molecule has 5 heteroatoms. The van der Waals surface area contributed by atoms with Crippen molar-refractivity contribution in [3.63, 3.8) is 0 Å². The SMILES string of the molecule is CN1C(=O)C(C2(N)CC2)Oc2cccnc21. The van der Waals surface area contributed by atoms with Gasteiger partial charge in [0.15, 0.2) is 17.7 Å². The summed E-state index contributed by atoms with van der Waals surface area (Å²) < 4.78 is 5.66. The van der Waals surface area contributed by atoms with Crippen molar-refractivity contribution in [1.82, 2.24) is 4.98 Å². The van der Waals surface area contributed by atoms with E-state index in [1.165, 1.54) is 4.90 Å². The molecule has 0 aromatic carbocycles. The first-order valence-electron chi connectivity index (χ1n) is 5.30. The summed E-state index contributed by atoms with van der Waals surface area (Å²) in [5, 5.41) is 0. The van der Waals surface area contributed by atoms with Crippen LogP contribution in [0.3, 0.4) is 0 Å². The van der Waals surface area contributed by atoms with Gasteiger partial charge in [-0.1, -0.05) is 0 Å². The second kappa shape index (κ2) is 2.95. The zero-order valence-electron chi connectivity index (χ0n) is 9.01. The van der Waals surface area contributed by atoms with E-state index >= 15 is 0 Å². The van der Waals surface area contributed by atoms with Gasteiger partial charge in [-0.3, -0.25) is 9.69 Å². The van der Waals surface area contributed by atoms with Crippen molar-refractivity contribution in [2.45, 2.75) is 24.5 Å². The Morgan fingerprint density at radius 3 is 3.06 bits per heavy atom. The second-order valence-corrected chi connectivity index (χ2v) is 4.45. The first-order chi connectivity index (χ1) is 7.62. The zero-order valence-corrected chi connectivity index (χ0v) is 9.01. The van der Waals surface area contributed by atoms with Crippen molar-refractivity contribution in [3.8, 4) is 5.75 Å². The quantitative estimate of drug-likeness (QED) is 0.737. The number of carbonyl (C=O) groups is 1. The molecule has 1 fully saturated rings. The molecular formula is C11H13N3O2. The molecule has 1 saturated carbocycles. The number of nitrogens with zero attached hydrogens (tertiary/aromatic N) is 2. The largest absolute Gasteiger partial charge is 0.475 e. The summed E-state index contributed by atoms with van der Waals surface area (Å²) in [4.78, 5) is 17.7. The number of anilines is 1. The number of hydrogen-bond donors (Lipinski definition) is 1. The van der Waals surface area contributed by atoms with Gasteiger partial charge in [0, 0.05) is 13.2 Å². The molecule has 1 amide bonds. The fourth-order valence-corrected chi connectivity index (χ4v) is 1.95. The molecule has 16 heavy (non-hydrogen) atoms. The number of rotatable bonds is 1. The van der Waals surface area contributed by atoms with E-state index in [0.29, 0.717) is 11.6 Å². The Morgan fingerprint density at radius 2 is 2.38 bits per heavy atom. The molecule has 5 nitrogen and oxygen atoms in total. The number of aromatic nitrogens is 1. The van der Waals surface area contributed by atoms with Gasteiger partial charge in [-0.05, 0) is 25.0 Å². The molecule has 1 aliphatic heterocycles. The van der Waals surface area contributed by atoms with E-state index in [9.17, 15) is 4.79 Å². The van der Waals surface area contributed by atoms with Gasteiger partial charge in [0.05, 0.1) is 5.54 Å². The third-order valence-corrected chi connectivity index (χ3v) is 3.22. The summed E-state index contributed by atoms with van der Waals surface area (Å²) in [7, 11) is 1.70. The number of fused-ring (bicyclic) bond motifs is 1. The minimum absolute atomic E-state index is 0.105. The molecule has 0 spiro atoms. The van der Waals surface area contributed by atoms with E-state index < -0.39 is 11.6 Å². The van der Waals surface area contributed by atoms with Gasteiger partial charge in [-0.25, -0.2) is 4.98 Å². The number of hydrogen-bond acceptors (Lipinski definition) is 4. The van der Waals surface area contributed by atoms with Gasteiger partial charge in [0.2, 0.25) is 0 Å². The summed E-state index contributed by atoms with van der Waals surface area (Å²) in [5.41, 5.74) is 5.56. The highest BCUT2D eigenvalue weighted by Gasteiger charge is 2.54. The Labute approximate surface area is 93.2 Å². The Kier molecular flexibility index (Phi) is 1.77. The lowest BCUT2D eigenvalue weighted by Crippen LogP contribution is -2.54. The molecule has 2 heterocycles. The predicted molar refractivity (Wildman–Crippen MR) is 58.2 cm³/mol. The fraction of sp³-hybridized carbons (Fsp3) is 0.455. The first kappa shape index (κ1) is 9.59. The summed E-state index contributed by atoms with van der Waals surface area (Å²) in [6.07, 6.45) is 2.76. The summed E-state index contributed by atoms with van der Waals surface area (Å²) in [5.74, 6) is 1.09. The minimum Gasteiger partial charge on any atom is -0.475 e. The number of nitrogens with two attached hydrogens (primary N) is 1. The molecule has 1 aromatic rings. The lowest BCUT2D eigenvalue weighted by atomic mass is 10.1. The summed E-state index contributed by atoms with van der Waals surface area (Å²) >= 11 is 0. The predicted octanol–water partition coefficient (Wildman–Crippen LogP) is 0.297. The molecule has 84 valence electrons. The van der Waals surface area contributed by atoms with Gasteiger partial charge in [0.1, 0.15) is 0 Å². The third kappa shape index (κ3) is 1.21. The van der Waals surface area contributed by atoms with Crippen LogP contribution in [-0.4, -0.2) is 29.6 Å². The van der Waals surface area contributed by atoms with Crippen molar-refractivity contribution in [3.05, 3.63) is 18.3 Å². The molecule has 1 aliphatic carbocycles. The lowest BCUT2D eigenvalue weighted by Gasteiger charge is -2.33. The maximum absolute atomic E-state index is 12.1. The van der Waals surface area contributed by atoms with Crippen LogP contribution >= 0.6 is 0 Å². The van der Waals surface area contributed by atoms with Crippen molar-refractivity contribution in [2.24, 2.45) is 5.73 Å². The Bertz CT molecular complexity index is 456. The van der Waals surface area contributed by atoms with Crippen LogP contribution in [0.25, 0.3) is 0 Å². The Balaban J connectivity index is 2.02. The van der Waals surface area contributed by atoms with E-state index in [4.69, 9.17) is 10.5 Å². The average Bonchev–Trinajstić information content (AvgIpc) is 3.03. The number of amides is 1. The molecule has 0 saturated heterocycles. The number of carbonyl (C=O) groups excluding carboxylic acids is 1. The maximum Gasteiger partial charge on any atom is 0.271 e. The molecule has 1 atom stereocenters. The van der Waals surface area contributed by atoms with Gasteiger partial charge < -0.3 is 10.5 Å². The van der Waals surface area contributed by atoms with Crippen LogP contribution in [0.2, 0.25) is 0 Å². The van der Waals surface area contributed by atoms with Crippen LogP contribution in [0.4, 0.5) is 5.82 Å². The second-order valence-electron chi connectivity index (χ2n) is 4.45. The average molecular weight is 219 g/mol. The van der Waals surface area contributed by atoms with E-state index in [0.717, 1.165) is 12.8 Å². The molecule has 2 aliphatic rings. The summed E-state index contributed by atoms with van der Waals surface area (Å²) in [6.45, 7) is 0. The molecule has 0 bridgehead atoms. The van der Waals surface area contributed by atoms with Crippen LogP contribution in [0.5, 0.6) is 5.75 Å². The maximum atomic E-state index is 12.1. The van der Waals surface area contributed by atoms with Gasteiger partial charge in [-0.15, -0.1) is 0 Å². The molecule has 1 aromatic heterocycles. The molecule has 0 radical (unpaired) electrons. The molecule has 3 rings (SSSR count). The van der Waals surface area contributed by atoms with Crippen LogP contribution in [0.1, 0.15) is 12.8 Å². The van der Waals surface area contributed by atoms with Crippen molar-refractivity contribution >= 4 is 11.7 Å². The molecule has 1 unspecified atom stereocenters. The fourth-order valence-electron chi connectivity index (χ4n) is 1.95. The lowest BCUT2D eigenvalue weighted by molar-refractivity contribution is -0.127. The number of pyridine rings is 1. The third-order valence-electron chi connectivity index (χ3n) is 3.22. The van der Waals surface area contributed by atoms with E-state index in [-0.39, 0.29) is 5.91 Å².